The van der Waals surface area contributed by atoms with Crippen LogP contribution in [0.5, 0.6) is 0 Å². The number of likely N-dealkylation sites (N-methyl/N-ethyl adjacent to an activating group) is 1. The van der Waals surface area contributed by atoms with Crippen LogP contribution in [0, 0.1) is 0 Å². The maximum Gasteiger partial charge on any atom is 0.0586 e. The molecule has 0 fully saturated rings. The van der Waals surface area contributed by atoms with Gasteiger partial charge in [-0.05, 0) is 19.7 Å². The van der Waals surface area contributed by atoms with Crippen molar-refractivity contribution in [1.29, 1.82) is 0 Å². The SMILES string of the molecule is CN(C)C[C@@H](NN)c1ccccc1. The number of hydrogen-bond donors (Lipinski definition) is 2. The Morgan fingerprint density at radius 3 is 2.38 bits per heavy atom. The Bertz CT molecular complexity index is 233. The van der Waals surface area contributed by atoms with E-state index in [4.69, 9.17) is 5.84 Å². The Labute approximate surface area is 79.5 Å². The molecule has 0 spiro atoms. The molecule has 0 radical (unpaired) electrons. The molecule has 3 nitrogen and oxygen atoms in total. The van der Waals surface area contributed by atoms with E-state index in [9.17, 15) is 0 Å². The lowest BCUT2D eigenvalue weighted by Gasteiger charge is -2.20. The lowest BCUT2D eigenvalue weighted by Crippen LogP contribution is -2.35. The van der Waals surface area contributed by atoms with Gasteiger partial charge >= 0.3 is 0 Å². The van der Waals surface area contributed by atoms with Gasteiger partial charge in [0.1, 0.15) is 0 Å². The number of benzene rings is 1. The first kappa shape index (κ1) is 10.2. The number of hydrogen-bond acceptors (Lipinski definition) is 3. The highest BCUT2D eigenvalue weighted by molar-refractivity contribution is 5.18. The standard InChI is InChI=1S/C10H17N3/c1-13(2)8-10(12-11)9-6-4-3-5-7-9/h3-7,10,12H,8,11H2,1-2H3/t10-/m1/s1. The predicted molar refractivity (Wildman–Crippen MR) is 55.1 cm³/mol. The number of rotatable bonds is 4. The van der Waals surface area contributed by atoms with Crippen molar-refractivity contribution in [2.75, 3.05) is 20.6 Å². The molecule has 3 heteroatoms. The maximum atomic E-state index is 5.48. The number of nitrogens with zero attached hydrogens (tertiary/aromatic N) is 1. The van der Waals surface area contributed by atoms with Crippen LogP contribution < -0.4 is 11.3 Å². The van der Waals surface area contributed by atoms with Gasteiger partial charge in [-0.25, -0.2) is 0 Å². The molecule has 0 saturated carbocycles. The predicted octanol–water partition coefficient (Wildman–Crippen LogP) is 0.753. The smallest absolute Gasteiger partial charge is 0.0586 e. The summed E-state index contributed by atoms with van der Waals surface area (Å²) in [6, 6.07) is 10.4. The third-order valence-corrected chi connectivity index (χ3v) is 1.95. The van der Waals surface area contributed by atoms with E-state index in [0.29, 0.717) is 0 Å². The molecular weight excluding hydrogens is 162 g/mol. The number of nitrogens with one attached hydrogen (secondary N) is 1. The normalized spacial score (nSPS) is 13.2. The quantitative estimate of drug-likeness (QED) is 0.529. The van der Waals surface area contributed by atoms with Crippen molar-refractivity contribution in [2.24, 2.45) is 5.84 Å². The molecule has 1 aromatic carbocycles. The Kier molecular flexibility index (Phi) is 3.89. The minimum Gasteiger partial charge on any atom is -0.307 e. The van der Waals surface area contributed by atoms with Crippen molar-refractivity contribution < 1.29 is 0 Å². The summed E-state index contributed by atoms with van der Waals surface area (Å²) in [5.41, 5.74) is 4.03. The van der Waals surface area contributed by atoms with Crippen molar-refractivity contribution in [1.82, 2.24) is 10.3 Å². The van der Waals surface area contributed by atoms with E-state index in [1.54, 1.807) is 0 Å². The molecule has 3 N–H and O–H groups in total. The van der Waals surface area contributed by atoms with E-state index in [-0.39, 0.29) is 6.04 Å². The second-order valence-electron chi connectivity index (χ2n) is 3.39. The molecule has 1 rings (SSSR count). The first-order valence-corrected chi connectivity index (χ1v) is 4.40. The number of hydrazine groups is 1. The van der Waals surface area contributed by atoms with Crippen molar-refractivity contribution in [2.45, 2.75) is 6.04 Å². The van der Waals surface area contributed by atoms with Crippen molar-refractivity contribution >= 4 is 0 Å². The second kappa shape index (κ2) is 4.97. The third-order valence-electron chi connectivity index (χ3n) is 1.95. The lowest BCUT2D eigenvalue weighted by molar-refractivity contribution is 0.344. The molecule has 0 bridgehead atoms. The van der Waals surface area contributed by atoms with Gasteiger partial charge in [0.15, 0.2) is 0 Å². The maximum absolute atomic E-state index is 5.48. The fraction of sp³-hybridized carbons (Fsp3) is 0.400. The van der Waals surface area contributed by atoms with Gasteiger partial charge in [0.05, 0.1) is 6.04 Å². The molecule has 0 heterocycles. The molecule has 0 aliphatic rings. The Balaban J connectivity index is 2.67. The summed E-state index contributed by atoms with van der Waals surface area (Å²) in [6.45, 7) is 0.903. The summed E-state index contributed by atoms with van der Waals surface area (Å²) in [7, 11) is 4.07. The zero-order chi connectivity index (χ0) is 9.68. The third kappa shape index (κ3) is 3.14. The van der Waals surface area contributed by atoms with Gasteiger partial charge in [-0.1, -0.05) is 30.3 Å². The van der Waals surface area contributed by atoms with Gasteiger partial charge in [-0.15, -0.1) is 0 Å². The lowest BCUT2D eigenvalue weighted by atomic mass is 10.1. The van der Waals surface area contributed by atoms with E-state index < -0.39 is 0 Å². The van der Waals surface area contributed by atoms with E-state index in [1.807, 2.05) is 32.3 Å². The van der Waals surface area contributed by atoms with Gasteiger partial charge in [0, 0.05) is 6.54 Å². The molecule has 0 aliphatic carbocycles. The zero-order valence-electron chi connectivity index (χ0n) is 8.20. The van der Waals surface area contributed by atoms with Crippen LogP contribution in [0.2, 0.25) is 0 Å². The highest BCUT2D eigenvalue weighted by Crippen LogP contribution is 2.11. The topological polar surface area (TPSA) is 41.3 Å². The molecule has 0 saturated heterocycles. The molecule has 0 unspecified atom stereocenters. The summed E-state index contributed by atoms with van der Waals surface area (Å²) in [6.07, 6.45) is 0. The van der Waals surface area contributed by atoms with Crippen LogP contribution >= 0.6 is 0 Å². The van der Waals surface area contributed by atoms with E-state index in [1.165, 1.54) is 5.56 Å². The van der Waals surface area contributed by atoms with Crippen LogP contribution in [-0.2, 0) is 0 Å². The van der Waals surface area contributed by atoms with Crippen LogP contribution in [0.15, 0.2) is 30.3 Å². The van der Waals surface area contributed by atoms with Crippen LogP contribution in [-0.4, -0.2) is 25.5 Å². The minimum absolute atomic E-state index is 0.205. The van der Waals surface area contributed by atoms with Gasteiger partial charge in [0.25, 0.3) is 0 Å². The summed E-state index contributed by atoms with van der Waals surface area (Å²) in [4.78, 5) is 2.11. The fourth-order valence-corrected chi connectivity index (χ4v) is 1.30. The highest BCUT2D eigenvalue weighted by atomic mass is 15.3. The van der Waals surface area contributed by atoms with Crippen molar-refractivity contribution in [3.63, 3.8) is 0 Å². The van der Waals surface area contributed by atoms with Gasteiger partial charge < -0.3 is 4.90 Å². The molecule has 1 aromatic rings. The Morgan fingerprint density at radius 2 is 1.92 bits per heavy atom. The Hall–Kier alpha value is -0.900. The molecule has 0 aromatic heterocycles. The highest BCUT2D eigenvalue weighted by Gasteiger charge is 2.08. The Morgan fingerprint density at radius 1 is 1.31 bits per heavy atom. The van der Waals surface area contributed by atoms with Gasteiger partial charge in [0.2, 0.25) is 0 Å². The first-order valence-electron chi connectivity index (χ1n) is 4.40. The zero-order valence-corrected chi connectivity index (χ0v) is 8.20. The van der Waals surface area contributed by atoms with Crippen molar-refractivity contribution in [3.05, 3.63) is 35.9 Å². The van der Waals surface area contributed by atoms with Crippen molar-refractivity contribution in [3.8, 4) is 0 Å². The van der Waals surface area contributed by atoms with Crippen LogP contribution in [0.25, 0.3) is 0 Å². The molecule has 72 valence electrons. The monoisotopic (exact) mass is 179 g/mol. The number of nitrogens with two attached hydrogens (primary N) is 1. The van der Waals surface area contributed by atoms with E-state index >= 15 is 0 Å². The minimum atomic E-state index is 0.205. The van der Waals surface area contributed by atoms with E-state index in [0.717, 1.165) is 6.54 Å². The van der Waals surface area contributed by atoms with Crippen LogP contribution in [0.1, 0.15) is 11.6 Å². The molecule has 0 amide bonds. The molecular formula is C10H17N3. The second-order valence-corrected chi connectivity index (χ2v) is 3.39. The fourth-order valence-electron chi connectivity index (χ4n) is 1.30. The largest absolute Gasteiger partial charge is 0.307 e. The molecule has 0 aliphatic heterocycles. The van der Waals surface area contributed by atoms with Gasteiger partial charge in [-0.2, -0.15) is 0 Å². The van der Waals surface area contributed by atoms with Crippen LogP contribution in [0.3, 0.4) is 0 Å². The summed E-state index contributed by atoms with van der Waals surface area (Å²) in [5.74, 6) is 5.48. The van der Waals surface area contributed by atoms with E-state index in [2.05, 4.69) is 22.5 Å². The van der Waals surface area contributed by atoms with Crippen LogP contribution in [0.4, 0.5) is 0 Å². The summed E-state index contributed by atoms with van der Waals surface area (Å²) >= 11 is 0. The average molecular weight is 179 g/mol. The molecule has 1 atom stereocenters. The average Bonchev–Trinajstić information content (AvgIpc) is 2.15. The summed E-state index contributed by atoms with van der Waals surface area (Å²) < 4.78 is 0. The van der Waals surface area contributed by atoms with Gasteiger partial charge in [-0.3, -0.25) is 11.3 Å². The first-order chi connectivity index (χ1) is 6.24. The molecule has 13 heavy (non-hydrogen) atoms. The summed E-state index contributed by atoms with van der Waals surface area (Å²) in [5, 5.41) is 0.